The minimum Gasteiger partial charge on any atom is -0.394 e. The number of aliphatic hydroxyl groups is 1. The van der Waals surface area contributed by atoms with Gasteiger partial charge in [0.2, 0.25) is 0 Å². The molecule has 1 aliphatic heterocycles. The Balaban J connectivity index is 2.28. The molecule has 1 unspecified atom stereocenters. The zero-order chi connectivity index (χ0) is 8.81. The van der Waals surface area contributed by atoms with E-state index >= 15 is 0 Å². The van der Waals surface area contributed by atoms with E-state index in [1.54, 1.807) is 0 Å². The van der Waals surface area contributed by atoms with Gasteiger partial charge in [0.15, 0.2) is 0 Å². The molecule has 0 amide bonds. The molecule has 1 saturated heterocycles. The molecule has 0 spiro atoms. The maximum absolute atomic E-state index is 8.85. The van der Waals surface area contributed by atoms with E-state index in [1.807, 2.05) is 6.92 Å². The predicted molar refractivity (Wildman–Crippen MR) is 46.7 cm³/mol. The quantitative estimate of drug-likeness (QED) is 0.576. The van der Waals surface area contributed by atoms with E-state index in [1.165, 1.54) is 0 Å². The Labute approximate surface area is 73.3 Å². The van der Waals surface area contributed by atoms with Crippen molar-refractivity contribution < 1.29 is 9.84 Å². The molecular formula is C9H15NO2. The minimum atomic E-state index is -0.0163. The standard InChI is InChI=1S/C9H15NO2/c1-2-3-4-10-5-6-12-9(7-10)8-11/h9,11H,4-8H2,1H3. The van der Waals surface area contributed by atoms with Gasteiger partial charge < -0.3 is 9.84 Å². The number of morpholine rings is 1. The highest BCUT2D eigenvalue weighted by molar-refractivity contribution is 4.98. The largest absolute Gasteiger partial charge is 0.394 e. The molecule has 3 heteroatoms. The smallest absolute Gasteiger partial charge is 0.0933 e. The summed E-state index contributed by atoms with van der Waals surface area (Å²) in [5.41, 5.74) is 0. The molecule has 1 aliphatic rings. The van der Waals surface area contributed by atoms with Crippen molar-refractivity contribution in [3.05, 3.63) is 0 Å². The van der Waals surface area contributed by atoms with Crippen molar-refractivity contribution in [3.8, 4) is 11.8 Å². The predicted octanol–water partition coefficient (Wildman–Crippen LogP) is -0.297. The van der Waals surface area contributed by atoms with Crippen molar-refractivity contribution in [1.29, 1.82) is 0 Å². The van der Waals surface area contributed by atoms with Gasteiger partial charge in [-0.05, 0) is 6.92 Å². The average Bonchev–Trinajstić information content (AvgIpc) is 2.15. The molecule has 0 bridgehead atoms. The number of aliphatic hydroxyl groups excluding tert-OH is 1. The molecule has 0 aromatic heterocycles. The van der Waals surface area contributed by atoms with Gasteiger partial charge in [-0.1, -0.05) is 5.92 Å². The number of nitrogens with zero attached hydrogens (tertiary/aromatic N) is 1. The summed E-state index contributed by atoms with van der Waals surface area (Å²) in [4.78, 5) is 2.20. The summed E-state index contributed by atoms with van der Waals surface area (Å²) in [6.45, 7) is 5.16. The third-order valence-corrected chi connectivity index (χ3v) is 1.91. The van der Waals surface area contributed by atoms with Crippen LogP contribution >= 0.6 is 0 Å². The van der Waals surface area contributed by atoms with Crippen LogP contribution in [0.5, 0.6) is 0 Å². The summed E-state index contributed by atoms with van der Waals surface area (Å²) in [7, 11) is 0. The molecule has 0 aliphatic carbocycles. The van der Waals surface area contributed by atoms with E-state index in [-0.39, 0.29) is 12.7 Å². The molecule has 0 aromatic rings. The second-order valence-corrected chi connectivity index (χ2v) is 2.84. The number of hydrogen-bond acceptors (Lipinski definition) is 3. The van der Waals surface area contributed by atoms with Crippen LogP contribution in [0.3, 0.4) is 0 Å². The monoisotopic (exact) mass is 169 g/mol. The first-order valence-electron chi connectivity index (χ1n) is 4.21. The Kier molecular flexibility index (Phi) is 4.09. The Morgan fingerprint density at radius 2 is 2.50 bits per heavy atom. The minimum absolute atomic E-state index is 0.0163. The Morgan fingerprint density at radius 1 is 1.67 bits per heavy atom. The fourth-order valence-electron chi connectivity index (χ4n) is 1.23. The van der Waals surface area contributed by atoms with E-state index in [0.717, 1.165) is 19.6 Å². The van der Waals surface area contributed by atoms with Crippen molar-refractivity contribution in [3.63, 3.8) is 0 Å². The summed E-state index contributed by atoms with van der Waals surface area (Å²) in [6, 6.07) is 0. The zero-order valence-corrected chi connectivity index (χ0v) is 7.42. The van der Waals surface area contributed by atoms with Crippen molar-refractivity contribution >= 4 is 0 Å². The molecule has 12 heavy (non-hydrogen) atoms. The lowest BCUT2D eigenvalue weighted by atomic mass is 10.3. The Bertz CT molecular complexity index is 183. The Morgan fingerprint density at radius 3 is 3.17 bits per heavy atom. The molecule has 3 nitrogen and oxygen atoms in total. The second kappa shape index (κ2) is 5.15. The van der Waals surface area contributed by atoms with Crippen molar-refractivity contribution in [2.75, 3.05) is 32.8 Å². The molecule has 0 aromatic carbocycles. The van der Waals surface area contributed by atoms with Crippen LogP contribution in [0.25, 0.3) is 0 Å². The lowest BCUT2D eigenvalue weighted by Crippen LogP contribution is -2.44. The third-order valence-electron chi connectivity index (χ3n) is 1.91. The van der Waals surface area contributed by atoms with Crippen LogP contribution in [0.1, 0.15) is 6.92 Å². The van der Waals surface area contributed by atoms with Crippen molar-refractivity contribution in [1.82, 2.24) is 4.90 Å². The molecule has 1 N–H and O–H groups in total. The maximum Gasteiger partial charge on any atom is 0.0933 e. The lowest BCUT2D eigenvalue weighted by Gasteiger charge is -2.30. The van der Waals surface area contributed by atoms with Gasteiger partial charge in [-0.3, -0.25) is 4.90 Å². The van der Waals surface area contributed by atoms with Crippen LogP contribution in [-0.2, 0) is 4.74 Å². The lowest BCUT2D eigenvalue weighted by molar-refractivity contribution is -0.0489. The SMILES string of the molecule is CC#CCN1CCOC(CO)C1. The van der Waals surface area contributed by atoms with Crippen LogP contribution in [0, 0.1) is 11.8 Å². The van der Waals surface area contributed by atoms with Gasteiger partial charge in [-0.2, -0.15) is 0 Å². The van der Waals surface area contributed by atoms with Crippen LogP contribution in [0.4, 0.5) is 0 Å². The summed E-state index contributed by atoms with van der Waals surface area (Å²) in [5, 5.41) is 8.85. The normalized spacial score (nSPS) is 24.7. The van der Waals surface area contributed by atoms with Gasteiger partial charge >= 0.3 is 0 Å². The maximum atomic E-state index is 8.85. The highest BCUT2D eigenvalue weighted by atomic mass is 16.5. The zero-order valence-electron chi connectivity index (χ0n) is 7.42. The second-order valence-electron chi connectivity index (χ2n) is 2.84. The van der Waals surface area contributed by atoms with E-state index < -0.39 is 0 Å². The van der Waals surface area contributed by atoms with Gasteiger partial charge in [0, 0.05) is 13.1 Å². The van der Waals surface area contributed by atoms with Crippen molar-refractivity contribution in [2.24, 2.45) is 0 Å². The van der Waals surface area contributed by atoms with E-state index in [4.69, 9.17) is 9.84 Å². The van der Waals surface area contributed by atoms with Crippen LogP contribution < -0.4 is 0 Å². The first-order chi connectivity index (χ1) is 5.86. The molecule has 1 atom stereocenters. The topological polar surface area (TPSA) is 32.7 Å². The molecule has 1 heterocycles. The molecule has 0 saturated carbocycles. The van der Waals surface area contributed by atoms with Gasteiger partial charge in [0.25, 0.3) is 0 Å². The van der Waals surface area contributed by atoms with Crippen LogP contribution in [0.15, 0.2) is 0 Å². The molecule has 1 rings (SSSR count). The van der Waals surface area contributed by atoms with E-state index in [0.29, 0.717) is 6.61 Å². The molecule has 68 valence electrons. The first kappa shape index (κ1) is 9.53. The first-order valence-corrected chi connectivity index (χ1v) is 4.21. The van der Waals surface area contributed by atoms with Crippen LogP contribution in [0.2, 0.25) is 0 Å². The molecular weight excluding hydrogens is 154 g/mol. The Hall–Kier alpha value is -0.560. The molecule has 0 radical (unpaired) electrons. The summed E-state index contributed by atoms with van der Waals surface area (Å²) < 4.78 is 5.30. The number of rotatable bonds is 2. The van der Waals surface area contributed by atoms with E-state index in [9.17, 15) is 0 Å². The molecule has 1 fully saturated rings. The third kappa shape index (κ3) is 2.82. The van der Waals surface area contributed by atoms with Gasteiger partial charge in [-0.15, -0.1) is 5.92 Å². The summed E-state index contributed by atoms with van der Waals surface area (Å²) >= 11 is 0. The average molecular weight is 169 g/mol. The number of ether oxygens (including phenoxy) is 1. The van der Waals surface area contributed by atoms with E-state index in [2.05, 4.69) is 16.7 Å². The summed E-state index contributed by atoms with van der Waals surface area (Å²) in [6.07, 6.45) is -0.0163. The van der Waals surface area contributed by atoms with Crippen LogP contribution in [-0.4, -0.2) is 49.0 Å². The van der Waals surface area contributed by atoms with Gasteiger partial charge in [0.05, 0.1) is 25.9 Å². The highest BCUT2D eigenvalue weighted by Crippen LogP contribution is 2.03. The highest BCUT2D eigenvalue weighted by Gasteiger charge is 2.18. The summed E-state index contributed by atoms with van der Waals surface area (Å²) in [5.74, 6) is 5.85. The fourth-order valence-corrected chi connectivity index (χ4v) is 1.23. The fraction of sp³-hybridized carbons (Fsp3) is 0.778. The van der Waals surface area contributed by atoms with Crippen molar-refractivity contribution in [2.45, 2.75) is 13.0 Å². The number of hydrogen-bond donors (Lipinski definition) is 1. The van der Waals surface area contributed by atoms with Gasteiger partial charge in [0.1, 0.15) is 0 Å². The van der Waals surface area contributed by atoms with Gasteiger partial charge in [-0.25, -0.2) is 0 Å².